The largest absolute Gasteiger partial charge is 0.354 e. The molecule has 0 aromatic carbocycles. The molecule has 84 valence electrons. The van der Waals surface area contributed by atoms with Crippen LogP contribution in [0.4, 0.5) is 0 Å². The van der Waals surface area contributed by atoms with E-state index in [4.69, 9.17) is 0 Å². The number of carbonyl (C=O) groups is 1. The molecule has 1 rings (SSSR count). The van der Waals surface area contributed by atoms with Crippen LogP contribution in [0.2, 0.25) is 0 Å². The van der Waals surface area contributed by atoms with Gasteiger partial charge in [-0.15, -0.1) is 0 Å². The maximum atomic E-state index is 11.4. The molecular weight excluding hydrogens is 190 g/mol. The van der Waals surface area contributed by atoms with Crippen LogP contribution < -0.4 is 5.32 Å². The summed E-state index contributed by atoms with van der Waals surface area (Å²) in [6.07, 6.45) is 3.35. The fourth-order valence-electron chi connectivity index (χ4n) is 1.25. The lowest BCUT2D eigenvalue weighted by atomic mass is 10.2. The summed E-state index contributed by atoms with van der Waals surface area (Å²) in [5, 5.41) is 7.15. The van der Waals surface area contributed by atoms with E-state index < -0.39 is 0 Å². The Morgan fingerprint density at radius 3 is 2.93 bits per heavy atom. The van der Waals surface area contributed by atoms with Gasteiger partial charge in [0.25, 0.3) is 0 Å². The van der Waals surface area contributed by atoms with Gasteiger partial charge < -0.3 is 5.32 Å². The summed E-state index contributed by atoms with van der Waals surface area (Å²) in [6, 6.07) is 2.20. The van der Waals surface area contributed by atoms with Crippen molar-refractivity contribution >= 4 is 5.91 Å². The minimum Gasteiger partial charge on any atom is -0.354 e. The number of rotatable bonds is 5. The Labute approximate surface area is 90.7 Å². The molecule has 0 unspecified atom stereocenters. The highest BCUT2D eigenvalue weighted by Crippen LogP contribution is 1.96. The van der Waals surface area contributed by atoms with E-state index in [1.807, 2.05) is 26.1 Å². The van der Waals surface area contributed by atoms with Crippen LogP contribution >= 0.6 is 0 Å². The average molecular weight is 209 g/mol. The number of amides is 1. The highest BCUT2D eigenvalue weighted by Gasteiger charge is 2.05. The van der Waals surface area contributed by atoms with Crippen molar-refractivity contribution in [3.8, 4) is 0 Å². The van der Waals surface area contributed by atoms with Crippen molar-refractivity contribution in [3.63, 3.8) is 0 Å². The number of aryl methyl sites for hydroxylation is 2. The highest BCUT2D eigenvalue weighted by atomic mass is 16.1. The van der Waals surface area contributed by atoms with Gasteiger partial charge >= 0.3 is 0 Å². The van der Waals surface area contributed by atoms with Gasteiger partial charge in [0.15, 0.2) is 0 Å². The van der Waals surface area contributed by atoms with Crippen LogP contribution in [0.1, 0.15) is 32.4 Å². The summed E-state index contributed by atoms with van der Waals surface area (Å²) in [7, 11) is 0. The van der Waals surface area contributed by atoms with Gasteiger partial charge in [-0.3, -0.25) is 9.48 Å². The van der Waals surface area contributed by atoms with Crippen LogP contribution in [0.5, 0.6) is 0 Å². The first-order valence-electron chi connectivity index (χ1n) is 5.41. The van der Waals surface area contributed by atoms with Gasteiger partial charge in [-0.05, 0) is 26.3 Å². The molecule has 1 aromatic heterocycles. The number of hydrogen-bond donors (Lipinski definition) is 1. The predicted octanol–water partition coefficient (Wildman–Crippen LogP) is 1.50. The third-order valence-corrected chi connectivity index (χ3v) is 2.36. The molecule has 4 heteroatoms. The lowest BCUT2D eigenvalue weighted by Gasteiger charge is -2.10. The van der Waals surface area contributed by atoms with Crippen molar-refractivity contribution in [2.75, 3.05) is 0 Å². The molecule has 1 amide bonds. The molecule has 0 fully saturated rings. The molecule has 0 radical (unpaired) electrons. The van der Waals surface area contributed by atoms with Crippen LogP contribution in [0.15, 0.2) is 12.3 Å². The van der Waals surface area contributed by atoms with Crippen molar-refractivity contribution in [2.24, 2.45) is 0 Å². The molecule has 0 saturated carbocycles. The van der Waals surface area contributed by atoms with E-state index in [1.54, 1.807) is 4.68 Å². The van der Waals surface area contributed by atoms with E-state index in [9.17, 15) is 4.79 Å². The summed E-state index contributed by atoms with van der Waals surface area (Å²) in [5.74, 6) is 0.0949. The summed E-state index contributed by atoms with van der Waals surface area (Å²) in [4.78, 5) is 11.4. The van der Waals surface area contributed by atoms with Gasteiger partial charge in [0.05, 0.1) is 5.69 Å². The lowest BCUT2D eigenvalue weighted by molar-refractivity contribution is -0.121. The second-order valence-electron chi connectivity index (χ2n) is 3.85. The maximum absolute atomic E-state index is 11.4. The van der Waals surface area contributed by atoms with Crippen molar-refractivity contribution in [3.05, 3.63) is 18.0 Å². The fourth-order valence-corrected chi connectivity index (χ4v) is 1.25. The predicted molar refractivity (Wildman–Crippen MR) is 59.5 cm³/mol. The zero-order valence-corrected chi connectivity index (χ0v) is 9.66. The zero-order chi connectivity index (χ0) is 11.3. The average Bonchev–Trinajstić information content (AvgIpc) is 2.61. The Morgan fingerprint density at radius 2 is 2.40 bits per heavy atom. The first-order chi connectivity index (χ1) is 7.11. The normalized spacial score (nSPS) is 12.5. The van der Waals surface area contributed by atoms with Gasteiger partial charge in [0, 0.05) is 25.2 Å². The molecule has 0 aliphatic carbocycles. The Balaban J connectivity index is 2.28. The number of carbonyl (C=O) groups excluding carboxylic acids is 1. The summed E-state index contributed by atoms with van der Waals surface area (Å²) in [5.41, 5.74) is 0.984. The van der Waals surface area contributed by atoms with E-state index >= 15 is 0 Å². The fraction of sp³-hybridized carbons (Fsp3) is 0.636. The Kier molecular flexibility index (Phi) is 4.34. The summed E-state index contributed by atoms with van der Waals surface area (Å²) < 4.78 is 1.80. The molecule has 1 aromatic rings. The van der Waals surface area contributed by atoms with Crippen molar-refractivity contribution in [1.82, 2.24) is 15.1 Å². The number of nitrogens with one attached hydrogen (secondary N) is 1. The Morgan fingerprint density at radius 1 is 1.67 bits per heavy atom. The monoisotopic (exact) mass is 209 g/mol. The smallest absolute Gasteiger partial charge is 0.222 e. The van der Waals surface area contributed by atoms with E-state index in [-0.39, 0.29) is 11.9 Å². The second-order valence-corrected chi connectivity index (χ2v) is 3.85. The van der Waals surface area contributed by atoms with Crippen LogP contribution in [0.3, 0.4) is 0 Å². The molecular formula is C11H19N3O. The molecule has 1 heterocycles. The molecule has 4 nitrogen and oxygen atoms in total. The number of aromatic nitrogens is 2. The van der Waals surface area contributed by atoms with Crippen LogP contribution in [0.25, 0.3) is 0 Å². The van der Waals surface area contributed by atoms with Crippen LogP contribution in [0, 0.1) is 6.92 Å². The van der Waals surface area contributed by atoms with Gasteiger partial charge in [-0.1, -0.05) is 6.92 Å². The summed E-state index contributed by atoms with van der Waals surface area (Å²) >= 11 is 0. The molecule has 0 bridgehead atoms. The van der Waals surface area contributed by atoms with Crippen molar-refractivity contribution in [1.29, 1.82) is 0 Å². The number of nitrogens with zero attached hydrogens (tertiary/aromatic N) is 2. The molecule has 15 heavy (non-hydrogen) atoms. The van der Waals surface area contributed by atoms with E-state index in [0.29, 0.717) is 13.0 Å². The second kappa shape index (κ2) is 5.53. The van der Waals surface area contributed by atoms with Crippen molar-refractivity contribution in [2.45, 2.75) is 46.2 Å². The van der Waals surface area contributed by atoms with Gasteiger partial charge in [0.1, 0.15) is 0 Å². The molecule has 0 aliphatic heterocycles. The van der Waals surface area contributed by atoms with Crippen molar-refractivity contribution < 1.29 is 4.79 Å². The van der Waals surface area contributed by atoms with E-state index in [2.05, 4.69) is 17.3 Å². The third kappa shape index (κ3) is 4.14. The number of hydrogen-bond acceptors (Lipinski definition) is 2. The van der Waals surface area contributed by atoms with Crippen LogP contribution in [-0.2, 0) is 11.3 Å². The molecule has 1 atom stereocenters. The van der Waals surface area contributed by atoms with Gasteiger partial charge in [0.2, 0.25) is 5.91 Å². The summed E-state index contributed by atoms with van der Waals surface area (Å²) in [6.45, 7) is 6.66. The first kappa shape index (κ1) is 11.8. The molecule has 0 spiro atoms. The first-order valence-corrected chi connectivity index (χ1v) is 5.41. The minimum absolute atomic E-state index is 0.0949. The van der Waals surface area contributed by atoms with Crippen LogP contribution in [-0.4, -0.2) is 21.7 Å². The van der Waals surface area contributed by atoms with E-state index in [0.717, 1.165) is 12.1 Å². The third-order valence-electron chi connectivity index (χ3n) is 2.36. The SMILES string of the molecule is CC[C@H](C)NC(=O)CCn1ccc(C)n1. The quantitative estimate of drug-likeness (QED) is 0.798. The lowest BCUT2D eigenvalue weighted by Crippen LogP contribution is -2.32. The topological polar surface area (TPSA) is 46.9 Å². The highest BCUT2D eigenvalue weighted by molar-refractivity contribution is 5.76. The minimum atomic E-state index is 0.0949. The maximum Gasteiger partial charge on any atom is 0.222 e. The Hall–Kier alpha value is -1.32. The van der Waals surface area contributed by atoms with Gasteiger partial charge in [-0.25, -0.2) is 0 Å². The molecule has 0 saturated heterocycles. The molecule has 1 N–H and O–H groups in total. The standard InChI is InChI=1S/C11H19N3O/c1-4-9(2)12-11(15)6-8-14-7-5-10(3)13-14/h5,7,9H,4,6,8H2,1-3H3,(H,12,15)/t9-/m0/s1. The Bertz CT molecular complexity index is 319. The van der Waals surface area contributed by atoms with E-state index in [1.165, 1.54) is 0 Å². The zero-order valence-electron chi connectivity index (χ0n) is 9.66. The molecule has 0 aliphatic rings. The van der Waals surface area contributed by atoms with Gasteiger partial charge in [-0.2, -0.15) is 5.10 Å².